The maximum atomic E-state index is 14.4. The van der Waals surface area contributed by atoms with Gasteiger partial charge in [0.2, 0.25) is 5.91 Å². The van der Waals surface area contributed by atoms with Crippen molar-refractivity contribution in [2.24, 2.45) is 11.8 Å². The minimum Gasteiger partial charge on any atom is -0.465 e. The molecule has 5 atom stereocenters. The van der Waals surface area contributed by atoms with Gasteiger partial charge in [0.25, 0.3) is 5.91 Å². The van der Waals surface area contributed by atoms with Gasteiger partial charge in [-0.05, 0) is 49.1 Å². The number of hydrogen-bond acceptors (Lipinski definition) is 6. The van der Waals surface area contributed by atoms with Gasteiger partial charge in [-0.2, -0.15) is 0 Å². The molecule has 8 nitrogen and oxygen atoms in total. The van der Waals surface area contributed by atoms with Gasteiger partial charge < -0.3 is 24.4 Å². The lowest BCUT2D eigenvalue weighted by Crippen LogP contribution is -2.56. The molecule has 2 aromatic carbocycles. The summed E-state index contributed by atoms with van der Waals surface area (Å²) in [5, 5.41) is 11.6. The number of benzene rings is 2. The van der Waals surface area contributed by atoms with Gasteiger partial charge in [0.1, 0.15) is 17.6 Å². The van der Waals surface area contributed by atoms with Crippen LogP contribution in [0.4, 0.5) is 5.69 Å². The van der Waals surface area contributed by atoms with Crippen molar-refractivity contribution in [3.63, 3.8) is 0 Å². The van der Waals surface area contributed by atoms with E-state index in [9.17, 15) is 19.5 Å². The summed E-state index contributed by atoms with van der Waals surface area (Å²) in [6.45, 7) is 2.43. The molecule has 0 saturated carbocycles. The number of anilines is 1. The number of nitrogens with zero attached hydrogens (tertiary/aromatic N) is 2. The van der Waals surface area contributed by atoms with E-state index in [0.29, 0.717) is 19.4 Å². The SMILES string of the molecule is C[C@@]12/C=C\CCCOC(=O)[C@@H]1[C@H]1C(=O)N(CCCO)C3C(=O)N(c4ccc5ccccc5c4)CC=C[C@@]31O2. The molecule has 2 fully saturated rings. The smallest absolute Gasteiger partial charge is 0.313 e. The minimum absolute atomic E-state index is 0.126. The summed E-state index contributed by atoms with van der Waals surface area (Å²) in [7, 11) is 0. The van der Waals surface area contributed by atoms with Gasteiger partial charge in [-0.1, -0.05) is 54.6 Å². The van der Waals surface area contributed by atoms with Gasteiger partial charge in [-0.3, -0.25) is 14.4 Å². The Morgan fingerprint density at radius 2 is 1.82 bits per heavy atom. The molecule has 0 aliphatic carbocycles. The molecule has 0 bridgehead atoms. The van der Waals surface area contributed by atoms with Crippen LogP contribution in [-0.4, -0.2) is 71.3 Å². The second-order valence-corrected chi connectivity index (χ2v) is 10.7. The van der Waals surface area contributed by atoms with Crippen molar-refractivity contribution in [2.45, 2.75) is 43.4 Å². The molecule has 2 saturated heterocycles. The van der Waals surface area contributed by atoms with Gasteiger partial charge in [0.15, 0.2) is 0 Å². The Labute approximate surface area is 221 Å². The van der Waals surface area contributed by atoms with Crippen molar-refractivity contribution in [1.29, 1.82) is 0 Å². The van der Waals surface area contributed by atoms with Crippen molar-refractivity contribution < 1.29 is 29.0 Å². The highest BCUT2D eigenvalue weighted by Gasteiger charge is 2.74. The average molecular weight is 517 g/mol. The zero-order valence-corrected chi connectivity index (χ0v) is 21.4. The summed E-state index contributed by atoms with van der Waals surface area (Å²) in [6.07, 6.45) is 9.25. The van der Waals surface area contributed by atoms with Crippen molar-refractivity contribution in [1.82, 2.24) is 4.90 Å². The molecule has 4 aliphatic rings. The van der Waals surface area contributed by atoms with E-state index in [-0.39, 0.29) is 31.6 Å². The Balaban J connectivity index is 1.47. The molecule has 38 heavy (non-hydrogen) atoms. The fourth-order valence-electron chi connectivity index (χ4n) is 6.69. The quantitative estimate of drug-likeness (QED) is 0.496. The number of hydrogen-bond donors (Lipinski definition) is 1. The van der Waals surface area contributed by atoms with Crippen molar-refractivity contribution in [2.75, 3.05) is 31.2 Å². The highest BCUT2D eigenvalue weighted by molar-refractivity contribution is 6.06. The first kappa shape index (κ1) is 24.8. The van der Waals surface area contributed by atoms with E-state index in [1.54, 1.807) is 11.8 Å². The summed E-state index contributed by atoms with van der Waals surface area (Å²) < 4.78 is 12.4. The second kappa shape index (κ2) is 9.36. The van der Waals surface area contributed by atoms with Crippen molar-refractivity contribution >= 4 is 34.2 Å². The number of likely N-dealkylation sites (tertiary alicyclic amines) is 1. The van der Waals surface area contributed by atoms with E-state index in [2.05, 4.69) is 0 Å². The monoisotopic (exact) mass is 516 g/mol. The van der Waals surface area contributed by atoms with E-state index in [0.717, 1.165) is 22.9 Å². The summed E-state index contributed by atoms with van der Waals surface area (Å²) in [5.74, 6) is -2.88. The number of fused-ring (bicyclic) bond motifs is 3. The number of ether oxygens (including phenoxy) is 2. The molecular weight excluding hydrogens is 484 g/mol. The highest BCUT2D eigenvalue weighted by Crippen LogP contribution is 2.57. The van der Waals surface area contributed by atoms with E-state index >= 15 is 0 Å². The summed E-state index contributed by atoms with van der Waals surface area (Å²) >= 11 is 0. The van der Waals surface area contributed by atoms with Gasteiger partial charge in [-0.25, -0.2) is 0 Å². The Bertz CT molecular complexity index is 1350. The molecule has 2 amide bonds. The third-order valence-corrected chi connectivity index (χ3v) is 8.35. The number of carbonyl (C=O) groups is 3. The number of carbonyl (C=O) groups excluding carboxylic acids is 3. The Morgan fingerprint density at radius 1 is 1.00 bits per heavy atom. The van der Waals surface area contributed by atoms with Crippen LogP contribution in [0.2, 0.25) is 0 Å². The van der Waals surface area contributed by atoms with Crippen LogP contribution in [0.1, 0.15) is 26.2 Å². The number of rotatable bonds is 4. The first-order valence-electron chi connectivity index (χ1n) is 13.3. The van der Waals surface area contributed by atoms with Gasteiger partial charge >= 0.3 is 5.97 Å². The Hall–Kier alpha value is -3.49. The van der Waals surface area contributed by atoms with Crippen LogP contribution in [0.15, 0.2) is 66.8 Å². The summed E-state index contributed by atoms with van der Waals surface area (Å²) in [5.41, 5.74) is -1.72. The van der Waals surface area contributed by atoms with Crippen LogP contribution in [0, 0.1) is 11.8 Å². The number of amides is 2. The number of allylic oxidation sites excluding steroid dienone is 1. The first-order chi connectivity index (χ1) is 18.4. The van der Waals surface area contributed by atoms with Crippen LogP contribution in [0.25, 0.3) is 10.8 Å². The third-order valence-electron chi connectivity index (χ3n) is 8.35. The van der Waals surface area contributed by atoms with Crippen LogP contribution < -0.4 is 4.90 Å². The third kappa shape index (κ3) is 3.69. The molecule has 2 aromatic rings. The molecule has 0 radical (unpaired) electrons. The average Bonchev–Trinajstić information content (AvgIpc) is 3.26. The van der Waals surface area contributed by atoms with E-state index < -0.39 is 35.0 Å². The summed E-state index contributed by atoms with van der Waals surface area (Å²) in [4.78, 5) is 45.1. The standard InChI is InChI=1S/C30H32N2O6/c1-29-13-5-2-6-18-37-28(36)24(29)23-26(34)32(16-8-17-33)25-27(35)31(15-7-14-30(23,25)38-29)22-12-11-20-9-3-4-10-21(20)19-22/h3-5,7,9-14,19,23-25,33H,2,6,8,15-18H2,1H3/b13-5-/t23-,24-,25?,29+,30-/m0/s1. The second-order valence-electron chi connectivity index (χ2n) is 10.7. The highest BCUT2D eigenvalue weighted by atomic mass is 16.6. The molecule has 8 heteroatoms. The Morgan fingerprint density at radius 3 is 2.63 bits per heavy atom. The van der Waals surface area contributed by atoms with E-state index in [1.165, 1.54) is 4.90 Å². The van der Waals surface area contributed by atoms with Crippen molar-refractivity contribution in [3.8, 4) is 0 Å². The molecular formula is C30H32N2O6. The molecule has 4 aliphatic heterocycles. The van der Waals surface area contributed by atoms with E-state index in [1.807, 2.05) is 66.8 Å². The lowest BCUT2D eigenvalue weighted by Gasteiger charge is -2.37. The van der Waals surface area contributed by atoms with Gasteiger partial charge in [0.05, 0.1) is 18.1 Å². The summed E-state index contributed by atoms with van der Waals surface area (Å²) in [6, 6.07) is 12.8. The lowest BCUT2D eigenvalue weighted by molar-refractivity contribution is -0.158. The molecule has 1 spiro atoms. The number of aliphatic hydroxyl groups excluding tert-OH is 1. The largest absolute Gasteiger partial charge is 0.465 e. The maximum absolute atomic E-state index is 14.4. The lowest BCUT2D eigenvalue weighted by atomic mass is 9.74. The minimum atomic E-state index is -1.34. The number of aliphatic hydroxyl groups is 1. The predicted octanol–water partition coefficient (Wildman–Crippen LogP) is 2.99. The van der Waals surface area contributed by atoms with Crippen molar-refractivity contribution in [3.05, 3.63) is 66.8 Å². The van der Waals surface area contributed by atoms with Gasteiger partial charge in [-0.15, -0.1) is 0 Å². The number of esters is 1. The Kier molecular flexibility index (Phi) is 6.12. The van der Waals surface area contributed by atoms with E-state index in [4.69, 9.17) is 9.47 Å². The topological polar surface area (TPSA) is 96.4 Å². The van der Waals surface area contributed by atoms with Crippen LogP contribution >= 0.6 is 0 Å². The normalized spacial score (nSPS) is 33.6. The predicted molar refractivity (Wildman–Crippen MR) is 141 cm³/mol. The zero-order valence-electron chi connectivity index (χ0n) is 21.4. The molecule has 1 N–H and O–H groups in total. The number of cyclic esters (lactones) is 1. The van der Waals surface area contributed by atoms with Gasteiger partial charge in [0, 0.05) is 25.4 Å². The zero-order chi connectivity index (χ0) is 26.5. The van der Waals surface area contributed by atoms with Crippen LogP contribution in [-0.2, 0) is 23.9 Å². The first-order valence-corrected chi connectivity index (χ1v) is 13.3. The molecule has 0 aromatic heterocycles. The molecule has 6 rings (SSSR count). The maximum Gasteiger partial charge on any atom is 0.313 e. The molecule has 4 heterocycles. The molecule has 198 valence electrons. The van der Waals surface area contributed by atoms with Crippen LogP contribution in [0.3, 0.4) is 0 Å². The fraction of sp³-hybridized carbons (Fsp3) is 0.433. The van der Waals surface area contributed by atoms with Crippen LogP contribution in [0.5, 0.6) is 0 Å². The fourth-order valence-corrected chi connectivity index (χ4v) is 6.69. The molecule has 1 unspecified atom stereocenters.